The van der Waals surface area contributed by atoms with Crippen LogP contribution in [0.2, 0.25) is 0 Å². The molecule has 4 heteroatoms. The molecule has 148 valence electrons. The number of carbonyl (C=O) groups excluding carboxylic acids is 1. The van der Waals surface area contributed by atoms with Gasteiger partial charge in [-0.25, -0.2) is 0 Å². The summed E-state index contributed by atoms with van der Waals surface area (Å²) in [5.74, 6) is 0.649. The Hall–Kier alpha value is -2.67. The molecule has 0 aromatic rings. The highest BCUT2D eigenvalue weighted by molar-refractivity contribution is 6.11. The van der Waals surface area contributed by atoms with Gasteiger partial charge in [0.05, 0.1) is 6.07 Å². The number of carbonyl (C=O) groups is 1. The van der Waals surface area contributed by atoms with Gasteiger partial charge in [0, 0.05) is 5.57 Å². The number of allylic oxidation sites excluding steroid dienone is 6. The van der Waals surface area contributed by atoms with Gasteiger partial charge in [0.1, 0.15) is 11.4 Å². The average Bonchev–Trinajstić information content (AvgIpc) is 2.93. The van der Waals surface area contributed by atoms with Crippen LogP contribution in [0.25, 0.3) is 0 Å². The van der Waals surface area contributed by atoms with Crippen molar-refractivity contribution in [2.45, 2.75) is 70.3 Å². The summed E-state index contributed by atoms with van der Waals surface area (Å²) in [5.41, 5.74) is 1.18. The van der Waals surface area contributed by atoms with Crippen LogP contribution < -0.4 is 0 Å². The maximum absolute atomic E-state index is 12.8. The van der Waals surface area contributed by atoms with Crippen LogP contribution in [0.3, 0.4) is 0 Å². The zero-order valence-corrected chi connectivity index (χ0v) is 17.0. The summed E-state index contributed by atoms with van der Waals surface area (Å²) in [5, 5.41) is 9.19. The lowest BCUT2D eigenvalue weighted by atomic mass is 9.82. The first kappa shape index (κ1) is 21.6. The molecule has 1 aliphatic heterocycles. The van der Waals surface area contributed by atoms with Crippen LogP contribution in [0.1, 0.15) is 64.7 Å². The molecule has 0 aromatic heterocycles. The average molecular weight is 378 g/mol. The van der Waals surface area contributed by atoms with Crippen LogP contribution in [0.4, 0.5) is 0 Å². The van der Waals surface area contributed by atoms with E-state index in [1.165, 1.54) is 19.3 Å². The molecule has 0 aromatic carbocycles. The topological polar surface area (TPSA) is 56.5 Å². The lowest BCUT2D eigenvalue weighted by Gasteiger charge is -2.37. The summed E-state index contributed by atoms with van der Waals surface area (Å²) in [7, 11) is 0. The molecule has 4 nitrogen and oxygen atoms in total. The van der Waals surface area contributed by atoms with Crippen molar-refractivity contribution >= 4 is 11.7 Å². The van der Waals surface area contributed by atoms with Gasteiger partial charge in [0.2, 0.25) is 0 Å². The number of amidine groups is 1. The smallest absolute Gasteiger partial charge is 0.273 e. The van der Waals surface area contributed by atoms with Gasteiger partial charge >= 0.3 is 0 Å². The third-order valence-corrected chi connectivity index (χ3v) is 5.43. The Morgan fingerprint density at radius 1 is 1.25 bits per heavy atom. The van der Waals surface area contributed by atoms with Gasteiger partial charge in [-0.15, -0.1) is 6.58 Å². The van der Waals surface area contributed by atoms with Crippen molar-refractivity contribution in [3.05, 3.63) is 60.9 Å². The fourth-order valence-electron chi connectivity index (χ4n) is 3.94. The molecule has 2 aliphatic rings. The monoisotopic (exact) mass is 377 g/mol. The second kappa shape index (κ2) is 10.6. The molecular weight excluding hydrogens is 346 g/mol. The summed E-state index contributed by atoms with van der Waals surface area (Å²) >= 11 is 0. The molecule has 0 unspecified atom stereocenters. The number of nitrogens with zero attached hydrogens (tertiary/aromatic N) is 3. The Kier molecular flexibility index (Phi) is 8.19. The van der Waals surface area contributed by atoms with E-state index in [0.29, 0.717) is 24.3 Å². The van der Waals surface area contributed by atoms with Crippen LogP contribution >= 0.6 is 0 Å². The molecule has 2 rings (SSSR count). The van der Waals surface area contributed by atoms with Crippen molar-refractivity contribution < 1.29 is 4.79 Å². The molecule has 0 bridgehead atoms. The Labute approximate surface area is 169 Å². The van der Waals surface area contributed by atoms with E-state index < -0.39 is 5.54 Å². The van der Waals surface area contributed by atoms with Gasteiger partial charge < -0.3 is 4.90 Å². The molecule has 0 atom stereocenters. The van der Waals surface area contributed by atoms with Crippen LogP contribution in [0, 0.1) is 11.3 Å². The molecule has 1 fully saturated rings. The van der Waals surface area contributed by atoms with E-state index >= 15 is 0 Å². The zero-order chi connectivity index (χ0) is 20.4. The molecule has 0 saturated heterocycles. The number of aliphatic imine (C=N–C) groups is 1. The summed E-state index contributed by atoms with van der Waals surface area (Å²) < 4.78 is 0. The highest BCUT2D eigenvalue weighted by atomic mass is 16.2. The number of hydrogen-bond donors (Lipinski definition) is 0. The van der Waals surface area contributed by atoms with Crippen molar-refractivity contribution in [3.8, 4) is 6.07 Å². The number of nitriles is 1. The van der Waals surface area contributed by atoms with E-state index in [1.54, 1.807) is 12.3 Å². The Morgan fingerprint density at radius 3 is 2.54 bits per heavy atom. The van der Waals surface area contributed by atoms with E-state index in [1.807, 2.05) is 36.1 Å². The molecule has 1 heterocycles. The fourth-order valence-corrected chi connectivity index (χ4v) is 3.94. The standard InChI is InChI=1S/C24H31N3O/c1-4-6-14-21(19-25)18-20(3)13-12-15-22-26-23(28)24(27(22)5-2)16-10-8-7-9-11-17-24/h4-5,12,14-15,18H,1-2,6-11,13,16-17H2,3H3/b15-12-,20-18+,21-14?. The zero-order valence-electron chi connectivity index (χ0n) is 17.0. The van der Waals surface area contributed by atoms with Crippen molar-refractivity contribution in [3.63, 3.8) is 0 Å². The van der Waals surface area contributed by atoms with E-state index in [4.69, 9.17) is 0 Å². The second-order valence-electron chi connectivity index (χ2n) is 7.52. The maximum Gasteiger partial charge on any atom is 0.273 e. The van der Waals surface area contributed by atoms with Crippen molar-refractivity contribution in [2.24, 2.45) is 4.99 Å². The Morgan fingerprint density at radius 2 is 1.93 bits per heavy atom. The first-order valence-corrected chi connectivity index (χ1v) is 10.2. The van der Waals surface area contributed by atoms with E-state index in [2.05, 4.69) is 24.2 Å². The summed E-state index contributed by atoms with van der Waals surface area (Å²) in [6, 6.07) is 2.19. The van der Waals surface area contributed by atoms with Crippen LogP contribution in [0.5, 0.6) is 0 Å². The minimum Gasteiger partial charge on any atom is -0.318 e. The van der Waals surface area contributed by atoms with E-state index in [9.17, 15) is 10.1 Å². The fraction of sp³-hybridized carbons (Fsp3) is 0.458. The van der Waals surface area contributed by atoms with E-state index in [0.717, 1.165) is 31.3 Å². The second-order valence-corrected chi connectivity index (χ2v) is 7.52. The first-order valence-electron chi connectivity index (χ1n) is 10.2. The molecule has 1 amide bonds. The largest absolute Gasteiger partial charge is 0.318 e. The quantitative estimate of drug-likeness (QED) is 0.321. The van der Waals surface area contributed by atoms with Gasteiger partial charge in [-0.2, -0.15) is 10.3 Å². The molecule has 1 saturated carbocycles. The number of rotatable bonds is 7. The summed E-state index contributed by atoms with van der Waals surface area (Å²) in [6.07, 6.45) is 19.9. The van der Waals surface area contributed by atoms with Gasteiger partial charge in [0.25, 0.3) is 5.91 Å². The van der Waals surface area contributed by atoms with Gasteiger partial charge in [-0.3, -0.25) is 4.79 Å². The minimum absolute atomic E-state index is 0.0275. The predicted molar refractivity (Wildman–Crippen MR) is 116 cm³/mol. The highest BCUT2D eigenvalue weighted by Gasteiger charge is 2.47. The van der Waals surface area contributed by atoms with Crippen LogP contribution in [-0.4, -0.2) is 22.2 Å². The van der Waals surface area contributed by atoms with Crippen LogP contribution in [0.15, 0.2) is 65.9 Å². The molecule has 28 heavy (non-hydrogen) atoms. The molecule has 1 spiro atoms. The highest BCUT2D eigenvalue weighted by Crippen LogP contribution is 2.37. The lowest BCUT2D eigenvalue weighted by Crippen LogP contribution is -2.48. The molecular formula is C24H31N3O. The first-order chi connectivity index (χ1) is 13.6. The Bertz CT molecular complexity index is 753. The number of hydrogen-bond acceptors (Lipinski definition) is 3. The number of amides is 1. The van der Waals surface area contributed by atoms with Gasteiger partial charge in [-0.05, 0) is 51.0 Å². The van der Waals surface area contributed by atoms with Crippen molar-refractivity contribution in [1.29, 1.82) is 5.26 Å². The third-order valence-electron chi connectivity index (χ3n) is 5.43. The van der Waals surface area contributed by atoms with Gasteiger partial charge in [0.15, 0.2) is 0 Å². The van der Waals surface area contributed by atoms with Crippen molar-refractivity contribution in [1.82, 2.24) is 4.90 Å². The maximum atomic E-state index is 12.8. The normalized spacial score (nSPS) is 20.6. The molecule has 0 radical (unpaired) electrons. The summed E-state index contributed by atoms with van der Waals surface area (Å²) in [4.78, 5) is 19.1. The minimum atomic E-state index is -0.534. The van der Waals surface area contributed by atoms with Gasteiger partial charge in [-0.1, -0.05) is 62.5 Å². The van der Waals surface area contributed by atoms with Crippen LogP contribution in [-0.2, 0) is 4.79 Å². The SMILES string of the molecule is C=CCC=C(C#N)/C=C(\C)C/C=C\C1=NC(=O)C2(CCCCCCC2)N1C=C. The lowest BCUT2D eigenvalue weighted by molar-refractivity contribution is -0.125. The molecule has 1 aliphatic carbocycles. The summed E-state index contributed by atoms with van der Waals surface area (Å²) in [6.45, 7) is 9.61. The van der Waals surface area contributed by atoms with E-state index in [-0.39, 0.29) is 5.91 Å². The predicted octanol–water partition coefficient (Wildman–Crippen LogP) is 5.77. The molecule has 0 N–H and O–H groups in total. The van der Waals surface area contributed by atoms with Crippen molar-refractivity contribution in [2.75, 3.05) is 0 Å². The third kappa shape index (κ3) is 5.19. The Balaban J connectivity index is 2.09.